The molecule has 68 valence electrons. The normalized spacial score (nSPS) is 40.8. The lowest BCUT2D eigenvalue weighted by Crippen LogP contribution is -2.29. The van der Waals surface area contributed by atoms with E-state index in [9.17, 15) is 0 Å². The maximum Gasteiger partial charge on any atom is 0.148 e. The van der Waals surface area contributed by atoms with Crippen LogP contribution >= 0.6 is 0 Å². The Morgan fingerprint density at radius 2 is 2.33 bits per heavy atom. The fraction of sp³-hybridized carbons (Fsp3) is 0.800. The number of rotatable bonds is 1. The molecule has 0 saturated carbocycles. The molecule has 2 aliphatic rings. The smallest absolute Gasteiger partial charge is 0.148 e. The first-order chi connectivity index (χ1) is 5.81. The predicted molar refractivity (Wildman–Crippen MR) is 46.8 cm³/mol. The molecule has 3 atom stereocenters. The largest absolute Gasteiger partial charge is 0.349 e. The summed E-state index contributed by atoms with van der Waals surface area (Å²) >= 11 is 0. The molecule has 1 fully saturated rings. The summed E-state index contributed by atoms with van der Waals surface area (Å²) in [6, 6.07) is 0. The second-order valence-corrected chi connectivity index (χ2v) is 3.71. The Balaban J connectivity index is 2.12. The summed E-state index contributed by atoms with van der Waals surface area (Å²) in [6.45, 7) is 4.92. The van der Waals surface area contributed by atoms with Crippen molar-refractivity contribution in [1.29, 1.82) is 0 Å². The van der Waals surface area contributed by atoms with Crippen molar-refractivity contribution in [3.05, 3.63) is 11.6 Å². The van der Waals surface area contributed by atoms with Crippen LogP contribution in [-0.4, -0.2) is 19.0 Å². The first-order valence-corrected chi connectivity index (χ1v) is 4.72. The molecule has 0 aromatic rings. The summed E-state index contributed by atoms with van der Waals surface area (Å²) in [5, 5.41) is 0. The molecular formula is C10H16O2. The average molecular weight is 168 g/mol. The van der Waals surface area contributed by atoms with Crippen molar-refractivity contribution in [1.82, 2.24) is 0 Å². The first kappa shape index (κ1) is 8.27. The lowest BCUT2D eigenvalue weighted by atomic mass is 9.84. The third kappa shape index (κ3) is 1.29. The molecule has 1 heterocycles. The van der Waals surface area contributed by atoms with Crippen LogP contribution in [0.25, 0.3) is 0 Å². The molecule has 2 rings (SSSR count). The van der Waals surface area contributed by atoms with E-state index in [1.54, 1.807) is 0 Å². The van der Waals surface area contributed by atoms with Crippen molar-refractivity contribution in [2.45, 2.75) is 38.9 Å². The monoisotopic (exact) mass is 168 g/mol. The molecule has 2 heteroatoms. The summed E-state index contributed by atoms with van der Waals surface area (Å²) < 4.78 is 10.9. The lowest BCUT2D eigenvalue weighted by Gasteiger charge is -2.27. The Morgan fingerprint density at radius 3 is 3.08 bits per heavy atom. The van der Waals surface area contributed by atoms with Gasteiger partial charge >= 0.3 is 0 Å². The summed E-state index contributed by atoms with van der Waals surface area (Å²) in [4.78, 5) is 0. The van der Waals surface area contributed by atoms with Crippen LogP contribution in [0.5, 0.6) is 0 Å². The molecular weight excluding hydrogens is 152 g/mol. The van der Waals surface area contributed by atoms with E-state index in [0.717, 1.165) is 6.42 Å². The maximum atomic E-state index is 5.47. The van der Waals surface area contributed by atoms with Gasteiger partial charge in [0.2, 0.25) is 0 Å². The average Bonchev–Trinajstić information content (AvgIpc) is 2.49. The van der Waals surface area contributed by atoms with Gasteiger partial charge in [-0.1, -0.05) is 18.6 Å². The van der Waals surface area contributed by atoms with Crippen molar-refractivity contribution in [3.8, 4) is 0 Å². The van der Waals surface area contributed by atoms with Crippen molar-refractivity contribution < 1.29 is 9.47 Å². The fourth-order valence-electron chi connectivity index (χ4n) is 2.12. The molecule has 0 aromatic heterocycles. The third-order valence-corrected chi connectivity index (χ3v) is 2.99. The molecule has 3 unspecified atom stereocenters. The summed E-state index contributed by atoms with van der Waals surface area (Å²) in [6.07, 6.45) is 5.17. The lowest BCUT2D eigenvalue weighted by molar-refractivity contribution is 0.0400. The zero-order valence-electron chi connectivity index (χ0n) is 7.75. The number of hydrogen-bond donors (Lipinski definition) is 0. The van der Waals surface area contributed by atoms with Gasteiger partial charge in [0.1, 0.15) is 12.9 Å². The maximum absolute atomic E-state index is 5.47. The zero-order valence-corrected chi connectivity index (χ0v) is 7.75. The molecule has 0 N–H and O–H groups in total. The van der Waals surface area contributed by atoms with Gasteiger partial charge in [-0.3, -0.25) is 0 Å². The molecule has 0 radical (unpaired) electrons. The Bertz CT molecular complexity index is 198. The number of ether oxygens (including phenoxy) is 2. The van der Waals surface area contributed by atoms with Crippen molar-refractivity contribution in [3.63, 3.8) is 0 Å². The van der Waals surface area contributed by atoms with Gasteiger partial charge in [0.25, 0.3) is 0 Å². The topological polar surface area (TPSA) is 18.5 Å². The van der Waals surface area contributed by atoms with E-state index in [2.05, 4.69) is 19.9 Å². The van der Waals surface area contributed by atoms with Crippen LogP contribution in [0.2, 0.25) is 0 Å². The summed E-state index contributed by atoms with van der Waals surface area (Å²) in [7, 11) is 0. The van der Waals surface area contributed by atoms with Crippen LogP contribution in [0.4, 0.5) is 0 Å². The molecule has 0 amide bonds. The minimum Gasteiger partial charge on any atom is -0.349 e. The summed E-state index contributed by atoms with van der Waals surface area (Å²) in [5.74, 6) is 0.716. The molecule has 0 spiro atoms. The highest BCUT2D eigenvalue weighted by molar-refractivity contribution is 5.14. The summed E-state index contributed by atoms with van der Waals surface area (Å²) in [5.41, 5.74) is 1.48. The van der Waals surface area contributed by atoms with Gasteiger partial charge in [0, 0.05) is 0 Å². The SMILES string of the molecule is CCC1CC2OCOC2C=C1C. The Hall–Kier alpha value is -0.340. The molecule has 1 saturated heterocycles. The van der Waals surface area contributed by atoms with Gasteiger partial charge in [-0.2, -0.15) is 0 Å². The Labute approximate surface area is 73.5 Å². The van der Waals surface area contributed by atoms with E-state index in [0.29, 0.717) is 18.8 Å². The quantitative estimate of drug-likeness (QED) is 0.558. The van der Waals surface area contributed by atoms with Crippen LogP contribution in [0.1, 0.15) is 26.7 Å². The van der Waals surface area contributed by atoms with Crippen LogP contribution in [-0.2, 0) is 9.47 Å². The highest BCUT2D eigenvalue weighted by atomic mass is 16.7. The number of allylic oxidation sites excluding steroid dienone is 1. The molecule has 1 aliphatic carbocycles. The van der Waals surface area contributed by atoms with Gasteiger partial charge < -0.3 is 9.47 Å². The van der Waals surface area contributed by atoms with Crippen molar-refractivity contribution in [2.24, 2.45) is 5.92 Å². The predicted octanol–water partition coefficient (Wildman–Crippen LogP) is 2.10. The van der Waals surface area contributed by atoms with E-state index in [-0.39, 0.29) is 6.10 Å². The molecule has 0 aromatic carbocycles. The van der Waals surface area contributed by atoms with Gasteiger partial charge in [-0.05, 0) is 25.7 Å². The van der Waals surface area contributed by atoms with Crippen LogP contribution in [0, 0.1) is 5.92 Å². The molecule has 1 aliphatic heterocycles. The minimum atomic E-state index is 0.243. The minimum absolute atomic E-state index is 0.243. The second-order valence-electron chi connectivity index (χ2n) is 3.71. The first-order valence-electron chi connectivity index (χ1n) is 4.72. The number of hydrogen-bond acceptors (Lipinski definition) is 2. The van der Waals surface area contributed by atoms with E-state index in [1.807, 2.05) is 0 Å². The van der Waals surface area contributed by atoms with E-state index >= 15 is 0 Å². The molecule has 0 bridgehead atoms. The van der Waals surface area contributed by atoms with Crippen molar-refractivity contribution >= 4 is 0 Å². The Morgan fingerprint density at radius 1 is 1.50 bits per heavy atom. The van der Waals surface area contributed by atoms with Crippen LogP contribution in [0.15, 0.2) is 11.6 Å². The van der Waals surface area contributed by atoms with Crippen LogP contribution < -0.4 is 0 Å². The van der Waals surface area contributed by atoms with Crippen LogP contribution in [0.3, 0.4) is 0 Å². The van der Waals surface area contributed by atoms with Gasteiger partial charge in [0.05, 0.1) is 6.10 Å². The van der Waals surface area contributed by atoms with E-state index in [1.165, 1.54) is 12.0 Å². The van der Waals surface area contributed by atoms with E-state index in [4.69, 9.17) is 9.47 Å². The highest BCUT2D eigenvalue weighted by Crippen LogP contribution is 2.32. The van der Waals surface area contributed by atoms with Gasteiger partial charge in [0.15, 0.2) is 0 Å². The van der Waals surface area contributed by atoms with Crippen molar-refractivity contribution in [2.75, 3.05) is 6.79 Å². The fourth-order valence-corrected chi connectivity index (χ4v) is 2.12. The zero-order chi connectivity index (χ0) is 8.55. The molecule has 12 heavy (non-hydrogen) atoms. The molecule has 2 nitrogen and oxygen atoms in total. The van der Waals surface area contributed by atoms with Gasteiger partial charge in [-0.15, -0.1) is 0 Å². The van der Waals surface area contributed by atoms with Gasteiger partial charge in [-0.25, -0.2) is 0 Å². The number of fused-ring (bicyclic) bond motifs is 1. The standard InChI is InChI=1S/C10H16O2/c1-3-8-5-10-9(4-7(8)2)11-6-12-10/h4,8-10H,3,5-6H2,1-2H3. The Kier molecular flexibility index (Phi) is 2.20. The third-order valence-electron chi connectivity index (χ3n) is 2.99. The second kappa shape index (κ2) is 3.19. The van der Waals surface area contributed by atoms with E-state index < -0.39 is 0 Å². The highest BCUT2D eigenvalue weighted by Gasteiger charge is 2.33.